The zero-order valence-electron chi connectivity index (χ0n) is 17.0. The second-order valence-electron chi connectivity index (χ2n) is 7.74. The largest absolute Gasteiger partial charge is 0.464 e. The molecule has 0 saturated carbocycles. The highest BCUT2D eigenvalue weighted by atomic mass is 35.5. The van der Waals surface area contributed by atoms with E-state index in [0.29, 0.717) is 5.02 Å². The molecule has 0 heterocycles. The molecule has 0 fully saturated rings. The third-order valence-corrected chi connectivity index (χ3v) is 3.70. The van der Waals surface area contributed by atoms with E-state index in [2.05, 4.69) is 0 Å². The van der Waals surface area contributed by atoms with Crippen molar-refractivity contribution in [2.45, 2.75) is 52.7 Å². The van der Waals surface area contributed by atoms with Crippen LogP contribution in [0.1, 0.15) is 40.2 Å². The van der Waals surface area contributed by atoms with E-state index >= 15 is 0 Å². The minimum Gasteiger partial charge on any atom is -0.464 e. The van der Waals surface area contributed by atoms with Gasteiger partial charge in [0.2, 0.25) is 0 Å². The molecule has 0 N–H and O–H groups in total. The third-order valence-electron chi connectivity index (χ3n) is 3.45. The monoisotopic (exact) mass is 399 g/mol. The maximum Gasteiger partial charge on any atom is 0.412 e. The average Bonchev–Trinajstić information content (AvgIpc) is 2.55. The fraction of sp³-hybridized carbons (Fsp3) is 0.600. The van der Waals surface area contributed by atoms with Crippen molar-refractivity contribution in [2.75, 3.05) is 20.4 Å². The Hall–Kier alpha value is -1.79. The number of methoxy groups -OCH3 is 1. The molecule has 0 saturated heterocycles. The van der Waals surface area contributed by atoms with Crippen molar-refractivity contribution < 1.29 is 23.8 Å². The Kier molecular flexibility index (Phi) is 9.06. The number of nitrogens with zero attached hydrogens (tertiary/aromatic N) is 1. The Labute approximate surface area is 166 Å². The highest BCUT2D eigenvalue weighted by molar-refractivity contribution is 6.30. The molecule has 0 radical (unpaired) electrons. The number of esters is 1. The maximum atomic E-state index is 12.8. The molecule has 0 bridgehead atoms. The van der Waals surface area contributed by atoms with Gasteiger partial charge in [-0.1, -0.05) is 37.6 Å². The number of amides is 1. The summed E-state index contributed by atoms with van der Waals surface area (Å²) in [7, 11) is 1.45. The minimum atomic E-state index is -0.875. The molecule has 0 aliphatic rings. The highest BCUT2D eigenvalue weighted by Crippen LogP contribution is 2.18. The van der Waals surface area contributed by atoms with Gasteiger partial charge in [-0.05, 0) is 44.4 Å². The lowest BCUT2D eigenvalue weighted by Crippen LogP contribution is -2.50. The first-order chi connectivity index (χ1) is 12.5. The van der Waals surface area contributed by atoms with E-state index in [-0.39, 0.29) is 25.7 Å². The van der Waals surface area contributed by atoms with E-state index in [1.165, 1.54) is 12.0 Å². The molecular weight excluding hydrogens is 370 g/mol. The molecule has 27 heavy (non-hydrogen) atoms. The van der Waals surface area contributed by atoms with E-state index < -0.39 is 23.7 Å². The normalized spacial score (nSPS) is 12.6. The van der Waals surface area contributed by atoms with Crippen molar-refractivity contribution in [1.82, 2.24) is 4.90 Å². The number of halogens is 1. The first-order valence-electron chi connectivity index (χ1n) is 8.93. The summed E-state index contributed by atoms with van der Waals surface area (Å²) in [5, 5.41) is 0.596. The summed E-state index contributed by atoms with van der Waals surface area (Å²) in [6, 6.07) is 6.22. The van der Waals surface area contributed by atoms with Gasteiger partial charge in [0.1, 0.15) is 18.4 Å². The number of benzene rings is 1. The van der Waals surface area contributed by atoms with Crippen LogP contribution in [0.2, 0.25) is 5.02 Å². The van der Waals surface area contributed by atoms with E-state index in [1.54, 1.807) is 32.9 Å². The molecule has 7 heteroatoms. The van der Waals surface area contributed by atoms with Crippen molar-refractivity contribution in [1.29, 1.82) is 0 Å². The van der Waals surface area contributed by atoms with E-state index in [4.69, 9.17) is 25.8 Å². The Balaban J connectivity index is 3.10. The van der Waals surface area contributed by atoms with Crippen LogP contribution in [0.3, 0.4) is 0 Å². The van der Waals surface area contributed by atoms with Crippen LogP contribution in [0.25, 0.3) is 0 Å². The third kappa shape index (κ3) is 8.63. The van der Waals surface area contributed by atoms with Crippen LogP contribution < -0.4 is 0 Å². The van der Waals surface area contributed by atoms with Gasteiger partial charge in [0, 0.05) is 18.6 Å². The lowest BCUT2D eigenvalue weighted by molar-refractivity contribution is -0.153. The molecule has 0 spiro atoms. The molecule has 1 atom stereocenters. The van der Waals surface area contributed by atoms with Gasteiger partial charge >= 0.3 is 12.1 Å². The first kappa shape index (κ1) is 23.2. The van der Waals surface area contributed by atoms with Gasteiger partial charge in [-0.2, -0.15) is 0 Å². The summed E-state index contributed by atoms with van der Waals surface area (Å²) in [5.41, 5.74) is 0.144. The lowest BCUT2D eigenvalue weighted by atomic mass is 10.0. The standard InChI is InChI=1S/C20H30ClNO5/c1-14(2)12-26-18(23)17(11-15-7-9-16(21)10-8-15)22(13-25-6)19(24)27-20(3,4)5/h7-10,14,17H,11-13H2,1-6H3/t17-/m0/s1. The van der Waals surface area contributed by atoms with Gasteiger partial charge in [0.25, 0.3) is 0 Å². The summed E-state index contributed by atoms with van der Waals surface area (Å²) in [4.78, 5) is 26.7. The fourth-order valence-electron chi connectivity index (χ4n) is 2.24. The maximum absolute atomic E-state index is 12.8. The number of ether oxygens (including phenoxy) is 3. The van der Waals surface area contributed by atoms with Gasteiger partial charge in [-0.25, -0.2) is 9.59 Å². The van der Waals surface area contributed by atoms with Crippen LogP contribution in [0.4, 0.5) is 4.79 Å². The Morgan fingerprint density at radius 3 is 2.22 bits per heavy atom. The van der Waals surface area contributed by atoms with Gasteiger partial charge in [0.05, 0.1) is 6.61 Å². The first-order valence-corrected chi connectivity index (χ1v) is 9.31. The van der Waals surface area contributed by atoms with Crippen molar-refractivity contribution in [3.8, 4) is 0 Å². The lowest BCUT2D eigenvalue weighted by Gasteiger charge is -2.32. The Morgan fingerprint density at radius 2 is 1.74 bits per heavy atom. The van der Waals surface area contributed by atoms with Crippen molar-refractivity contribution >= 4 is 23.7 Å². The second-order valence-corrected chi connectivity index (χ2v) is 8.17. The molecule has 1 amide bonds. The van der Waals surface area contributed by atoms with Gasteiger partial charge < -0.3 is 14.2 Å². The molecule has 152 valence electrons. The smallest absolute Gasteiger partial charge is 0.412 e. The Morgan fingerprint density at radius 1 is 1.15 bits per heavy atom. The molecule has 1 aromatic carbocycles. The highest BCUT2D eigenvalue weighted by Gasteiger charge is 2.34. The molecule has 0 aliphatic carbocycles. The molecular formula is C20H30ClNO5. The zero-order chi connectivity index (χ0) is 20.6. The topological polar surface area (TPSA) is 65.1 Å². The van der Waals surface area contributed by atoms with Crippen LogP contribution in [0.15, 0.2) is 24.3 Å². The van der Waals surface area contributed by atoms with Crippen molar-refractivity contribution in [3.05, 3.63) is 34.9 Å². The molecule has 1 rings (SSSR count). The number of carbonyl (C=O) groups is 2. The quantitative estimate of drug-likeness (QED) is 0.482. The summed E-state index contributed by atoms with van der Waals surface area (Å²) in [6.45, 7) is 9.36. The van der Waals surface area contributed by atoms with Crippen LogP contribution in [0, 0.1) is 5.92 Å². The molecule has 0 aromatic heterocycles. The molecule has 0 unspecified atom stereocenters. The molecule has 1 aromatic rings. The minimum absolute atomic E-state index is 0.0933. The molecule has 0 aliphatic heterocycles. The van der Waals surface area contributed by atoms with Crippen LogP contribution in [-0.4, -0.2) is 49.1 Å². The zero-order valence-corrected chi connectivity index (χ0v) is 17.7. The van der Waals surface area contributed by atoms with E-state index in [9.17, 15) is 9.59 Å². The number of hydrogen-bond donors (Lipinski definition) is 0. The average molecular weight is 400 g/mol. The van der Waals surface area contributed by atoms with Crippen molar-refractivity contribution in [2.24, 2.45) is 5.92 Å². The number of rotatable bonds is 8. The van der Waals surface area contributed by atoms with Crippen LogP contribution in [-0.2, 0) is 25.4 Å². The molecule has 6 nitrogen and oxygen atoms in total. The summed E-state index contributed by atoms with van der Waals surface area (Å²) >= 11 is 5.93. The van der Waals surface area contributed by atoms with E-state index in [1.807, 2.05) is 26.0 Å². The predicted molar refractivity (Wildman–Crippen MR) is 105 cm³/mol. The summed E-state index contributed by atoms with van der Waals surface area (Å²) in [5.74, 6) is -0.316. The van der Waals surface area contributed by atoms with Gasteiger partial charge in [-0.3, -0.25) is 4.90 Å². The Bertz CT molecular complexity index is 610. The van der Waals surface area contributed by atoms with E-state index in [0.717, 1.165) is 5.56 Å². The SMILES string of the molecule is COCN(C(=O)OC(C)(C)C)[C@@H](Cc1ccc(Cl)cc1)C(=O)OCC(C)C. The van der Waals surface area contributed by atoms with Crippen LogP contribution in [0.5, 0.6) is 0 Å². The summed E-state index contributed by atoms with van der Waals surface area (Å²) < 4.78 is 16.0. The second kappa shape index (κ2) is 10.5. The van der Waals surface area contributed by atoms with Gasteiger partial charge in [-0.15, -0.1) is 0 Å². The van der Waals surface area contributed by atoms with Gasteiger partial charge in [0.15, 0.2) is 0 Å². The summed E-state index contributed by atoms with van der Waals surface area (Å²) in [6.07, 6.45) is -0.374. The van der Waals surface area contributed by atoms with Crippen molar-refractivity contribution in [3.63, 3.8) is 0 Å². The van der Waals surface area contributed by atoms with Crippen LogP contribution >= 0.6 is 11.6 Å². The predicted octanol–water partition coefficient (Wildman–Crippen LogP) is 4.29. The fourth-order valence-corrected chi connectivity index (χ4v) is 2.37. The number of hydrogen-bond acceptors (Lipinski definition) is 5. The number of carbonyl (C=O) groups excluding carboxylic acids is 2.